The second-order valence-electron chi connectivity index (χ2n) is 5.15. The largest absolute Gasteiger partial charge is 0.286 e. The fourth-order valence-electron chi connectivity index (χ4n) is 1.88. The zero-order valence-corrected chi connectivity index (χ0v) is 13.9. The fraction of sp³-hybridized carbons (Fsp3) is 0.400. The summed E-state index contributed by atoms with van der Waals surface area (Å²) in [4.78, 5) is 13.8. The van der Waals surface area contributed by atoms with Crippen LogP contribution in [0.4, 0.5) is 5.13 Å². The number of aromatic nitrogens is 2. The van der Waals surface area contributed by atoms with Crippen molar-refractivity contribution in [2.45, 2.75) is 27.2 Å². The Balaban J connectivity index is 2.27. The van der Waals surface area contributed by atoms with E-state index in [1.54, 1.807) is 4.90 Å². The number of benzene rings is 1. The molecule has 0 fully saturated rings. The van der Waals surface area contributed by atoms with Crippen molar-refractivity contribution < 1.29 is 4.79 Å². The van der Waals surface area contributed by atoms with Gasteiger partial charge in [-0.3, -0.25) is 9.69 Å². The number of hydrogen-bond acceptors (Lipinski definition) is 4. The van der Waals surface area contributed by atoms with Gasteiger partial charge in [0.05, 0.1) is 0 Å². The van der Waals surface area contributed by atoms with E-state index >= 15 is 0 Å². The van der Waals surface area contributed by atoms with Gasteiger partial charge < -0.3 is 0 Å². The molecule has 0 aliphatic heterocycles. The number of anilines is 1. The Bertz CT molecular complexity index is 610. The van der Waals surface area contributed by atoms with Crippen molar-refractivity contribution in [3.63, 3.8) is 0 Å². The van der Waals surface area contributed by atoms with Crippen molar-refractivity contribution in [3.8, 4) is 10.6 Å². The van der Waals surface area contributed by atoms with Crippen molar-refractivity contribution >= 4 is 34.0 Å². The van der Waals surface area contributed by atoms with E-state index in [9.17, 15) is 4.79 Å². The summed E-state index contributed by atoms with van der Waals surface area (Å²) in [6.07, 6.45) is 0.461. The summed E-state index contributed by atoms with van der Waals surface area (Å²) < 4.78 is 0. The smallest absolute Gasteiger partial charge is 0.228 e. The number of carbonyl (C=O) groups is 1. The lowest BCUT2D eigenvalue weighted by Gasteiger charge is -2.20. The summed E-state index contributed by atoms with van der Waals surface area (Å²) >= 11 is 7.31. The lowest BCUT2D eigenvalue weighted by Crippen LogP contribution is -2.33. The minimum absolute atomic E-state index is 0.0718. The van der Waals surface area contributed by atoms with Crippen LogP contribution in [0.5, 0.6) is 0 Å². The van der Waals surface area contributed by atoms with Gasteiger partial charge in [-0.1, -0.05) is 55.8 Å². The first-order valence-corrected chi connectivity index (χ1v) is 8.10. The molecule has 1 heterocycles. The number of halogens is 1. The molecule has 0 aliphatic rings. The molecule has 0 radical (unpaired) electrons. The third-order valence-electron chi connectivity index (χ3n) is 2.89. The molecule has 0 unspecified atom stereocenters. The molecule has 4 nitrogen and oxygen atoms in total. The van der Waals surface area contributed by atoms with Crippen LogP contribution >= 0.6 is 22.9 Å². The maximum absolute atomic E-state index is 12.1. The molecule has 21 heavy (non-hydrogen) atoms. The Kier molecular flexibility index (Phi) is 5.31. The van der Waals surface area contributed by atoms with Crippen molar-refractivity contribution in [1.82, 2.24) is 10.2 Å². The standard InChI is InChI=1S/C15H18ClN3OS/c1-4-13(20)19(9-10(2)3)15-18-17-14(21-15)11-5-7-12(16)8-6-11/h5-8,10H,4,9H2,1-3H3. The van der Waals surface area contributed by atoms with Gasteiger partial charge in [0, 0.05) is 23.6 Å². The van der Waals surface area contributed by atoms with Crippen LogP contribution in [0.1, 0.15) is 27.2 Å². The van der Waals surface area contributed by atoms with Gasteiger partial charge in [-0.05, 0) is 18.1 Å². The van der Waals surface area contributed by atoms with Crippen LogP contribution in [-0.2, 0) is 4.79 Å². The topological polar surface area (TPSA) is 46.1 Å². The summed E-state index contributed by atoms with van der Waals surface area (Å²) in [6, 6.07) is 7.45. The Morgan fingerprint density at radius 3 is 2.52 bits per heavy atom. The van der Waals surface area contributed by atoms with E-state index < -0.39 is 0 Å². The van der Waals surface area contributed by atoms with Gasteiger partial charge >= 0.3 is 0 Å². The van der Waals surface area contributed by atoms with Gasteiger partial charge in [-0.2, -0.15) is 0 Å². The van der Waals surface area contributed by atoms with Crippen LogP contribution in [0, 0.1) is 5.92 Å². The van der Waals surface area contributed by atoms with Gasteiger partial charge in [0.15, 0.2) is 0 Å². The monoisotopic (exact) mass is 323 g/mol. The predicted octanol–water partition coefficient (Wildman–Crippen LogP) is 4.26. The molecule has 0 saturated carbocycles. The SMILES string of the molecule is CCC(=O)N(CC(C)C)c1nnc(-c2ccc(Cl)cc2)s1. The molecule has 2 rings (SSSR count). The van der Waals surface area contributed by atoms with E-state index in [0.29, 0.717) is 29.0 Å². The maximum atomic E-state index is 12.1. The van der Waals surface area contributed by atoms with Gasteiger partial charge in [0.25, 0.3) is 0 Å². The molecule has 1 aromatic carbocycles. The second kappa shape index (κ2) is 7.00. The summed E-state index contributed by atoms with van der Waals surface area (Å²) in [5, 5.41) is 10.5. The van der Waals surface area contributed by atoms with Gasteiger partial charge in [0.2, 0.25) is 11.0 Å². The first-order valence-electron chi connectivity index (χ1n) is 6.91. The maximum Gasteiger partial charge on any atom is 0.228 e. The second-order valence-corrected chi connectivity index (χ2v) is 6.54. The molecule has 112 valence electrons. The molecule has 0 aliphatic carbocycles. The Hall–Kier alpha value is -1.46. The highest BCUT2D eigenvalue weighted by atomic mass is 35.5. The van der Waals surface area contributed by atoms with Crippen LogP contribution < -0.4 is 4.90 Å². The number of rotatable bonds is 5. The lowest BCUT2D eigenvalue weighted by atomic mass is 10.2. The molecule has 0 saturated heterocycles. The van der Waals surface area contributed by atoms with E-state index in [-0.39, 0.29) is 5.91 Å². The molecule has 1 amide bonds. The molecular weight excluding hydrogens is 306 g/mol. The molecule has 0 bridgehead atoms. The molecule has 0 spiro atoms. The fourth-order valence-corrected chi connectivity index (χ4v) is 2.88. The number of amides is 1. The highest BCUT2D eigenvalue weighted by molar-refractivity contribution is 7.18. The highest BCUT2D eigenvalue weighted by Crippen LogP contribution is 2.30. The predicted molar refractivity (Wildman–Crippen MR) is 87.8 cm³/mol. The average Bonchev–Trinajstić information content (AvgIpc) is 2.94. The van der Waals surface area contributed by atoms with Gasteiger partial charge in [0.1, 0.15) is 5.01 Å². The van der Waals surface area contributed by atoms with Crippen molar-refractivity contribution in [1.29, 1.82) is 0 Å². The van der Waals surface area contributed by atoms with E-state index in [1.807, 2.05) is 31.2 Å². The Morgan fingerprint density at radius 1 is 1.29 bits per heavy atom. The quantitative estimate of drug-likeness (QED) is 0.826. The number of nitrogens with zero attached hydrogens (tertiary/aromatic N) is 3. The molecule has 0 N–H and O–H groups in total. The van der Waals surface area contributed by atoms with Crippen molar-refractivity contribution in [3.05, 3.63) is 29.3 Å². The summed E-state index contributed by atoms with van der Waals surface area (Å²) in [5.41, 5.74) is 0.955. The first kappa shape index (κ1) is 15.9. The molecular formula is C15H18ClN3OS. The summed E-state index contributed by atoms with van der Waals surface area (Å²) in [7, 11) is 0. The zero-order valence-electron chi connectivity index (χ0n) is 12.3. The number of hydrogen-bond donors (Lipinski definition) is 0. The van der Waals surface area contributed by atoms with E-state index in [2.05, 4.69) is 24.0 Å². The minimum atomic E-state index is 0.0718. The van der Waals surface area contributed by atoms with E-state index in [0.717, 1.165) is 10.6 Å². The van der Waals surface area contributed by atoms with Crippen LogP contribution in [0.25, 0.3) is 10.6 Å². The van der Waals surface area contributed by atoms with Gasteiger partial charge in [-0.25, -0.2) is 0 Å². The Labute approximate surface area is 133 Å². The third-order valence-corrected chi connectivity index (χ3v) is 4.13. The number of carbonyl (C=O) groups excluding carboxylic acids is 1. The molecule has 0 atom stereocenters. The first-order chi connectivity index (χ1) is 10.0. The van der Waals surface area contributed by atoms with E-state index in [4.69, 9.17) is 11.6 Å². The van der Waals surface area contributed by atoms with Crippen molar-refractivity contribution in [2.75, 3.05) is 11.4 Å². The van der Waals surface area contributed by atoms with Crippen LogP contribution in [0.3, 0.4) is 0 Å². The third kappa shape index (κ3) is 4.02. The van der Waals surface area contributed by atoms with Crippen LogP contribution in [0.15, 0.2) is 24.3 Å². The summed E-state index contributed by atoms with van der Waals surface area (Å²) in [5.74, 6) is 0.450. The lowest BCUT2D eigenvalue weighted by molar-refractivity contribution is -0.118. The average molecular weight is 324 g/mol. The minimum Gasteiger partial charge on any atom is -0.286 e. The zero-order chi connectivity index (χ0) is 15.4. The normalized spacial score (nSPS) is 10.9. The van der Waals surface area contributed by atoms with Crippen molar-refractivity contribution in [2.24, 2.45) is 5.92 Å². The summed E-state index contributed by atoms with van der Waals surface area (Å²) in [6.45, 7) is 6.67. The molecule has 6 heteroatoms. The molecule has 1 aromatic heterocycles. The van der Waals surface area contributed by atoms with Gasteiger partial charge in [-0.15, -0.1) is 10.2 Å². The highest BCUT2D eigenvalue weighted by Gasteiger charge is 2.20. The molecule has 2 aromatic rings. The van der Waals surface area contributed by atoms with Crippen LogP contribution in [-0.4, -0.2) is 22.6 Å². The van der Waals surface area contributed by atoms with Crippen LogP contribution in [0.2, 0.25) is 5.02 Å². The Morgan fingerprint density at radius 2 is 1.95 bits per heavy atom. The van der Waals surface area contributed by atoms with E-state index in [1.165, 1.54) is 11.3 Å².